The van der Waals surface area contributed by atoms with E-state index in [4.69, 9.17) is 9.47 Å². The number of nitrogens with one attached hydrogen (secondary N) is 1. The van der Waals surface area contributed by atoms with Gasteiger partial charge >= 0.3 is 0 Å². The Balaban J connectivity index is 1.87. The Morgan fingerprint density at radius 2 is 1.77 bits per heavy atom. The smallest absolute Gasteiger partial charge is 0.266 e. The van der Waals surface area contributed by atoms with Crippen LogP contribution in [0, 0.1) is 36.5 Å². The highest BCUT2D eigenvalue weighted by Crippen LogP contribution is 2.35. The molecule has 35 heavy (non-hydrogen) atoms. The Kier molecular flexibility index (Phi) is 8.67. The standard InChI is InChI=1S/C28H24BrN3O3/c1-4-34-26-13-22(12-23(16-31)28(33)32-24-10-9-18(2)19(3)11-24)25(29)14-27(26)35-17-21-8-6-5-7-20(21)15-30/h5-14H,4,17H2,1-3H3,(H,32,33)/b23-12+. The first-order valence-corrected chi connectivity index (χ1v) is 11.7. The normalized spacial score (nSPS) is 10.7. The Morgan fingerprint density at radius 1 is 1.03 bits per heavy atom. The highest BCUT2D eigenvalue weighted by Gasteiger charge is 2.15. The summed E-state index contributed by atoms with van der Waals surface area (Å²) in [6.45, 7) is 6.39. The molecule has 0 heterocycles. The predicted octanol–water partition coefficient (Wildman–Crippen LogP) is 6.46. The molecule has 0 fully saturated rings. The van der Waals surface area contributed by atoms with Crippen molar-refractivity contribution in [2.45, 2.75) is 27.4 Å². The van der Waals surface area contributed by atoms with Gasteiger partial charge in [0, 0.05) is 15.7 Å². The topological polar surface area (TPSA) is 95.1 Å². The zero-order chi connectivity index (χ0) is 25.4. The van der Waals surface area contributed by atoms with Crippen LogP contribution in [0.5, 0.6) is 11.5 Å². The largest absolute Gasteiger partial charge is 0.490 e. The number of carbonyl (C=O) groups is 1. The van der Waals surface area contributed by atoms with Gasteiger partial charge in [-0.05, 0) is 73.9 Å². The molecule has 3 aromatic carbocycles. The first-order chi connectivity index (χ1) is 16.9. The highest BCUT2D eigenvalue weighted by atomic mass is 79.9. The molecule has 0 aliphatic carbocycles. The molecule has 1 amide bonds. The maximum Gasteiger partial charge on any atom is 0.266 e. The monoisotopic (exact) mass is 529 g/mol. The number of rotatable bonds is 8. The van der Waals surface area contributed by atoms with E-state index >= 15 is 0 Å². The number of amides is 1. The Morgan fingerprint density at radius 3 is 2.46 bits per heavy atom. The molecular weight excluding hydrogens is 506 g/mol. The van der Waals surface area contributed by atoms with Crippen molar-refractivity contribution >= 4 is 33.6 Å². The zero-order valence-electron chi connectivity index (χ0n) is 19.7. The minimum Gasteiger partial charge on any atom is -0.490 e. The molecule has 1 N–H and O–H groups in total. The first kappa shape index (κ1) is 25.6. The summed E-state index contributed by atoms with van der Waals surface area (Å²) in [6.07, 6.45) is 1.50. The van der Waals surface area contributed by atoms with E-state index in [0.29, 0.717) is 39.4 Å². The van der Waals surface area contributed by atoms with Crippen LogP contribution in [0.2, 0.25) is 0 Å². The molecule has 0 atom stereocenters. The Hall–Kier alpha value is -4.07. The van der Waals surface area contributed by atoms with Crippen LogP contribution >= 0.6 is 15.9 Å². The van der Waals surface area contributed by atoms with Crippen LogP contribution in [0.25, 0.3) is 6.08 Å². The summed E-state index contributed by atoms with van der Waals surface area (Å²) in [5, 5.41) is 21.7. The van der Waals surface area contributed by atoms with Gasteiger partial charge in [0.2, 0.25) is 0 Å². The minimum absolute atomic E-state index is 0.0528. The van der Waals surface area contributed by atoms with Gasteiger partial charge < -0.3 is 14.8 Å². The summed E-state index contributed by atoms with van der Waals surface area (Å²) in [6, 6.07) is 20.4. The van der Waals surface area contributed by atoms with Gasteiger partial charge in [-0.2, -0.15) is 10.5 Å². The number of carbonyl (C=O) groups excluding carboxylic acids is 1. The number of aryl methyl sites for hydroxylation is 2. The SMILES string of the molecule is CCOc1cc(/C=C(\C#N)C(=O)Nc2ccc(C)c(C)c2)c(Br)cc1OCc1ccccc1C#N. The summed E-state index contributed by atoms with van der Waals surface area (Å²) in [5.74, 6) is 0.430. The third kappa shape index (κ3) is 6.50. The molecule has 0 aliphatic rings. The van der Waals surface area contributed by atoms with Crippen molar-refractivity contribution in [3.05, 3.63) is 92.5 Å². The van der Waals surface area contributed by atoms with Crippen molar-refractivity contribution in [3.63, 3.8) is 0 Å². The molecule has 0 radical (unpaired) electrons. The van der Waals surface area contributed by atoms with Gasteiger partial charge in [0.25, 0.3) is 5.91 Å². The van der Waals surface area contributed by atoms with Crippen molar-refractivity contribution in [1.82, 2.24) is 0 Å². The molecular formula is C28H24BrN3O3. The quantitative estimate of drug-likeness (QED) is 0.266. The van der Waals surface area contributed by atoms with E-state index in [0.717, 1.165) is 16.7 Å². The van der Waals surface area contributed by atoms with Gasteiger partial charge in [-0.1, -0.05) is 40.2 Å². The van der Waals surface area contributed by atoms with Gasteiger partial charge in [0.15, 0.2) is 11.5 Å². The maximum atomic E-state index is 12.8. The number of benzene rings is 3. The molecule has 0 spiro atoms. The molecule has 0 aromatic heterocycles. The summed E-state index contributed by atoms with van der Waals surface area (Å²) in [5.41, 5.74) is 4.61. The van der Waals surface area contributed by atoms with Gasteiger partial charge in [-0.15, -0.1) is 0 Å². The Bertz CT molecular complexity index is 1370. The Labute approximate surface area is 213 Å². The number of nitrogens with zero attached hydrogens (tertiary/aromatic N) is 2. The molecule has 6 nitrogen and oxygen atoms in total. The summed E-state index contributed by atoms with van der Waals surface area (Å²) in [7, 11) is 0. The second kappa shape index (κ2) is 11.9. The fourth-order valence-corrected chi connectivity index (χ4v) is 3.71. The van der Waals surface area contributed by atoms with Crippen LogP contribution in [0.3, 0.4) is 0 Å². The second-order valence-electron chi connectivity index (χ2n) is 7.73. The maximum absolute atomic E-state index is 12.8. The van der Waals surface area contributed by atoms with Crippen LogP contribution in [0.4, 0.5) is 5.69 Å². The third-order valence-electron chi connectivity index (χ3n) is 5.31. The van der Waals surface area contributed by atoms with E-state index in [-0.39, 0.29) is 12.2 Å². The molecule has 3 aromatic rings. The van der Waals surface area contributed by atoms with Gasteiger partial charge in [-0.3, -0.25) is 4.79 Å². The molecule has 176 valence electrons. The van der Waals surface area contributed by atoms with Crippen LogP contribution in [0.15, 0.2) is 64.6 Å². The van der Waals surface area contributed by atoms with Crippen LogP contribution in [-0.2, 0) is 11.4 Å². The average molecular weight is 530 g/mol. The molecule has 7 heteroatoms. The van der Waals surface area contributed by atoms with E-state index in [1.807, 2.05) is 51.1 Å². The van der Waals surface area contributed by atoms with Crippen molar-refractivity contribution in [3.8, 4) is 23.6 Å². The van der Waals surface area contributed by atoms with E-state index in [1.54, 1.807) is 30.3 Å². The van der Waals surface area contributed by atoms with Crippen LogP contribution < -0.4 is 14.8 Å². The second-order valence-corrected chi connectivity index (χ2v) is 8.59. The van der Waals surface area contributed by atoms with E-state index < -0.39 is 5.91 Å². The third-order valence-corrected chi connectivity index (χ3v) is 6.00. The van der Waals surface area contributed by atoms with Gasteiger partial charge in [0.1, 0.15) is 18.2 Å². The molecule has 0 saturated carbocycles. The lowest BCUT2D eigenvalue weighted by Crippen LogP contribution is -2.13. The molecule has 0 aliphatic heterocycles. The lowest BCUT2D eigenvalue weighted by molar-refractivity contribution is -0.112. The number of ether oxygens (including phenoxy) is 2. The zero-order valence-corrected chi connectivity index (χ0v) is 21.3. The number of nitriles is 2. The van der Waals surface area contributed by atoms with Gasteiger partial charge in [-0.25, -0.2) is 0 Å². The lowest BCUT2D eigenvalue weighted by Gasteiger charge is -2.15. The molecule has 3 rings (SSSR count). The molecule has 0 bridgehead atoms. The predicted molar refractivity (Wildman–Crippen MR) is 139 cm³/mol. The van der Waals surface area contributed by atoms with Crippen molar-refractivity contribution in [2.75, 3.05) is 11.9 Å². The summed E-state index contributed by atoms with van der Waals surface area (Å²) >= 11 is 3.50. The number of hydrogen-bond acceptors (Lipinski definition) is 5. The van der Waals surface area contributed by atoms with Crippen molar-refractivity contribution in [1.29, 1.82) is 10.5 Å². The fourth-order valence-electron chi connectivity index (χ4n) is 3.28. The number of halogens is 1. The van der Waals surface area contributed by atoms with Crippen LogP contribution in [0.1, 0.15) is 34.7 Å². The summed E-state index contributed by atoms with van der Waals surface area (Å²) in [4.78, 5) is 12.8. The first-order valence-electron chi connectivity index (χ1n) is 10.9. The van der Waals surface area contributed by atoms with Crippen molar-refractivity contribution in [2.24, 2.45) is 0 Å². The average Bonchev–Trinajstić information content (AvgIpc) is 2.85. The van der Waals surface area contributed by atoms with Crippen LogP contribution in [-0.4, -0.2) is 12.5 Å². The number of anilines is 1. The number of hydrogen-bond donors (Lipinski definition) is 1. The fraction of sp³-hybridized carbons (Fsp3) is 0.179. The van der Waals surface area contributed by atoms with E-state index in [2.05, 4.69) is 27.3 Å². The van der Waals surface area contributed by atoms with Gasteiger partial charge in [0.05, 0.1) is 18.2 Å². The lowest BCUT2D eigenvalue weighted by atomic mass is 10.1. The summed E-state index contributed by atoms with van der Waals surface area (Å²) < 4.78 is 12.3. The van der Waals surface area contributed by atoms with E-state index in [1.165, 1.54) is 6.08 Å². The highest BCUT2D eigenvalue weighted by molar-refractivity contribution is 9.10. The molecule has 0 saturated heterocycles. The molecule has 0 unspecified atom stereocenters. The minimum atomic E-state index is -0.506. The van der Waals surface area contributed by atoms with Crippen molar-refractivity contribution < 1.29 is 14.3 Å². The van der Waals surface area contributed by atoms with E-state index in [9.17, 15) is 15.3 Å².